The van der Waals surface area contributed by atoms with E-state index < -0.39 is 5.79 Å². The van der Waals surface area contributed by atoms with E-state index in [0.29, 0.717) is 19.6 Å². The van der Waals surface area contributed by atoms with Gasteiger partial charge in [-0.1, -0.05) is 63.3 Å². The minimum Gasteiger partial charge on any atom is -0.463 e. The highest BCUT2D eigenvalue weighted by molar-refractivity contribution is 5.69. The minimum absolute atomic E-state index is 0.126. The SMILES string of the molecule is CCCCC/C=C\C/C=C\CCCCCCCC(=O)OC[C@H]1COC(C)(C)O1. The summed E-state index contributed by atoms with van der Waals surface area (Å²) in [5.41, 5.74) is 0. The van der Waals surface area contributed by atoms with Crippen molar-refractivity contribution in [2.75, 3.05) is 13.2 Å². The Labute approximate surface area is 172 Å². The van der Waals surface area contributed by atoms with Crippen LogP contribution in [0.1, 0.15) is 97.8 Å². The highest BCUT2D eigenvalue weighted by atomic mass is 16.7. The van der Waals surface area contributed by atoms with Gasteiger partial charge in [0.05, 0.1) is 6.61 Å². The van der Waals surface area contributed by atoms with E-state index in [1.807, 2.05) is 13.8 Å². The number of rotatable bonds is 16. The maximum atomic E-state index is 11.8. The molecular formula is C24H42O4. The molecule has 0 aromatic carbocycles. The average Bonchev–Trinajstić information content (AvgIpc) is 3.02. The van der Waals surface area contributed by atoms with Crippen LogP contribution in [0.15, 0.2) is 24.3 Å². The Kier molecular flexibility index (Phi) is 14.0. The Morgan fingerprint density at radius 1 is 0.964 bits per heavy atom. The molecule has 0 unspecified atom stereocenters. The zero-order valence-electron chi connectivity index (χ0n) is 18.4. The predicted molar refractivity (Wildman–Crippen MR) is 115 cm³/mol. The predicted octanol–water partition coefficient (Wildman–Crippen LogP) is 6.49. The summed E-state index contributed by atoms with van der Waals surface area (Å²) in [6.45, 7) is 6.77. The second-order valence-corrected chi connectivity index (χ2v) is 8.11. The third-order valence-corrected chi connectivity index (χ3v) is 4.83. The van der Waals surface area contributed by atoms with Gasteiger partial charge in [-0.15, -0.1) is 0 Å². The van der Waals surface area contributed by atoms with Gasteiger partial charge >= 0.3 is 5.97 Å². The van der Waals surface area contributed by atoms with Crippen molar-refractivity contribution in [3.05, 3.63) is 24.3 Å². The zero-order valence-corrected chi connectivity index (χ0v) is 18.4. The lowest BCUT2D eigenvalue weighted by Gasteiger charge is -2.16. The van der Waals surface area contributed by atoms with Gasteiger partial charge in [-0.25, -0.2) is 0 Å². The number of carbonyl (C=O) groups excluding carboxylic acids is 1. The molecule has 28 heavy (non-hydrogen) atoms. The van der Waals surface area contributed by atoms with Gasteiger partial charge in [-0.05, 0) is 52.4 Å². The second-order valence-electron chi connectivity index (χ2n) is 8.11. The van der Waals surface area contributed by atoms with Crippen molar-refractivity contribution in [1.82, 2.24) is 0 Å². The molecule has 4 nitrogen and oxygen atoms in total. The van der Waals surface area contributed by atoms with Gasteiger partial charge in [-0.3, -0.25) is 4.79 Å². The number of carbonyl (C=O) groups is 1. The van der Waals surface area contributed by atoms with E-state index in [4.69, 9.17) is 14.2 Å². The molecule has 4 heteroatoms. The molecule has 1 atom stereocenters. The molecule has 0 amide bonds. The summed E-state index contributed by atoms with van der Waals surface area (Å²) in [4.78, 5) is 11.8. The summed E-state index contributed by atoms with van der Waals surface area (Å²) in [6, 6.07) is 0. The Morgan fingerprint density at radius 2 is 1.61 bits per heavy atom. The highest BCUT2D eigenvalue weighted by Crippen LogP contribution is 2.22. The molecule has 0 spiro atoms. The molecule has 0 bridgehead atoms. The van der Waals surface area contributed by atoms with Crippen molar-refractivity contribution in [3.63, 3.8) is 0 Å². The van der Waals surface area contributed by atoms with Crippen LogP contribution in [0, 0.1) is 0 Å². The number of hydrogen-bond acceptors (Lipinski definition) is 4. The van der Waals surface area contributed by atoms with Crippen LogP contribution in [0.4, 0.5) is 0 Å². The van der Waals surface area contributed by atoms with Crippen molar-refractivity contribution in [2.24, 2.45) is 0 Å². The molecule has 0 N–H and O–H groups in total. The lowest BCUT2D eigenvalue weighted by atomic mass is 10.1. The first-order chi connectivity index (χ1) is 13.5. The number of esters is 1. The van der Waals surface area contributed by atoms with E-state index in [0.717, 1.165) is 25.7 Å². The fourth-order valence-corrected chi connectivity index (χ4v) is 3.18. The summed E-state index contributed by atoms with van der Waals surface area (Å²) < 4.78 is 16.4. The van der Waals surface area contributed by atoms with Crippen LogP contribution in [0.3, 0.4) is 0 Å². The first-order valence-corrected chi connectivity index (χ1v) is 11.3. The molecule has 1 saturated heterocycles. The van der Waals surface area contributed by atoms with Crippen molar-refractivity contribution >= 4 is 5.97 Å². The van der Waals surface area contributed by atoms with Crippen LogP contribution in [-0.4, -0.2) is 31.1 Å². The van der Waals surface area contributed by atoms with E-state index in [-0.39, 0.29) is 12.1 Å². The van der Waals surface area contributed by atoms with Crippen LogP contribution < -0.4 is 0 Å². The lowest BCUT2D eigenvalue weighted by molar-refractivity contribution is -0.158. The number of unbranched alkanes of at least 4 members (excludes halogenated alkanes) is 8. The fourth-order valence-electron chi connectivity index (χ4n) is 3.18. The van der Waals surface area contributed by atoms with Gasteiger partial charge in [0.2, 0.25) is 0 Å². The van der Waals surface area contributed by atoms with Gasteiger partial charge in [0, 0.05) is 6.42 Å². The van der Waals surface area contributed by atoms with Crippen LogP contribution in [-0.2, 0) is 19.0 Å². The molecular weight excluding hydrogens is 352 g/mol. The summed E-state index contributed by atoms with van der Waals surface area (Å²) in [7, 11) is 0. The van der Waals surface area contributed by atoms with Crippen LogP contribution in [0.2, 0.25) is 0 Å². The molecule has 1 fully saturated rings. The molecule has 1 heterocycles. The van der Waals surface area contributed by atoms with Crippen molar-refractivity contribution in [2.45, 2.75) is 110 Å². The normalized spacial score (nSPS) is 19.0. The molecule has 0 radical (unpaired) electrons. The summed E-state index contributed by atoms with van der Waals surface area (Å²) in [6.07, 6.45) is 22.5. The summed E-state index contributed by atoms with van der Waals surface area (Å²) in [5, 5.41) is 0. The van der Waals surface area contributed by atoms with Gasteiger partial charge in [-0.2, -0.15) is 0 Å². The number of ether oxygens (including phenoxy) is 3. The maximum Gasteiger partial charge on any atom is 0.305 e. The van der Waals surface area contributed by atoms with Crippen LogP contribution in [0.25, 0.3) is 0 Å². The fraction of sp³-hybridized carbons (Fsp3) is 0.792. The van der Waals surface area contributed by atoms with Crippen molar-refractivity contribution in [3.8, 4) is 0 Å². The lowest BCUT2D eigenvalue weighted by Crippen LogP contribution is -2.25. The zero-order chi connectivity index (χ0) is 20.5. The minimum atomic E-state index is -0.558. The highest BCUT2D eigenvalue weighted by Gasteiger charge is 2.33. The third kappa shape index (κ3) is 14.0. The smallest absolute Gasteiger partial charge is 0.305 e. The van der Waals surface area contributed by atoms with Crippen molar-refractivity contribution in [1.29, 1.82) is 0 Å². The Hall–Kier alpha value is -1.13. The quantitative estimate of drug-likeness (QED) is 0.170. The molecule has 0 aromatic rings. The van der Waals surface area contributed by atoms with E-state index in [1.54, 1.807) is 0 Å². The maximum absolute atomic E-state index is 11.8. The first-order valence-electron chi connectivity index (χ1n) is 11.3. The van der Waals surface area contributed by atoms with Gasteiger partial charge in [0.1, 0.15) is 12.7 Å². The molecule has 0 saturated carbocycles. The van der Waals surface area contributed by atoms with Crippen LogP contribution >= 0.6 is 0 Å². The molecule has 1 rings (SSSR count). The van der Waals surface area contributed by atoms with Crippen molar-refractivity contribution < 1.29 is 19.0 Å². The monoisotopic (exact) mass is 394 g/mol. The van der Waals surface area contributed by atoms with Crippen LogP contribution in [0.5, 0.6) is 0 Å². The Balaban J connectivity index is 1.84. The summed E-state index contributed by atoms with van der Waals surface area (Å²) >= 11 is 0. The Morgan fingerprint density at radius 3 is 2.25 bits per heavy atom. The van der Waals surface area contributed by atoms with Gasteiger partial charge < -0.3 is 14.2 Å². The molecule has 1 aliphatic heterocycles. The molecule has 0 aliphatic carbocycles. The van der Waals surface area contributed by atoms with E-state index in [1.165, 1.54) is 44.9 Å². The molecule has 1 aliphatic rings. The van der Waals surface area contributed by atoms with Gasteiger partial charge in [0.15, 0.2) is 5.79 Å². The third-order valence-electron chi connectivity index (χ3n) is 4.83. The van der Waals surface area contributed by atoms with E-state index in [2.05, 4.69) is 31.2 Å². The Bertz CT molecular complexity index is 454. The molecule has 0 aromatic heterocycles. The van der Waals surface area contributed by atoms with E-state index in [9.17, 15) is 4.79 Å². The van der Waals surface area contributed by atoms with Gasteiger partial charge in [0.25, 0.3) is 0 Å². The standard InChI is InChI=1S/C24H42O4/c1-4-5-6-7-8-9-10-11-12-13-14-15-16-17-18-19-23(25)26-20-22-21-27-24(2,3)28-22/h8-9,11-12,22H,4-7,10,13-21H2,1-3H3/b9-8-,12-11-/t22-/m0/s1. The number of hydrogen-bond donors (Lipinski definition) is 0. The average molecular weight is 395 g/mol. The second kappa shape index (κ2) is 15.8. The largest absolute Gasteiger partial charge is 0.463 e. The topological polar surface area (TPSA) is 44.8 Å². The number of allylic oxidation sites excluding steroid dienone is 4. The van der Waals surface area contributed by atoms with E-state index >= 15 is 0 Å². The first kappa shape index (κ1) is 24.9. The summed E-state index contributed by atoms with van der Waals surface area (Å²) in [5.74, 6) is -0.684. The molecule has 162 valence electrons.